The molecule has 0 fully saturated rings. The van der Waals surface area contributed by atoms with E-state index in [4.69, 9.17) is 9.47 Å². The van der Waals surface area contributed by atoms with E-state index >= 15 is 0 Å². The highest BCUT2D eigenvalue weighted by Gasteiger charge is 2.27. The standard InChI is InChI=1S/C25H22N4O3/c1-16-13-29(15-26-16)22-10-9-20(28-25(22)31-2)24(30)27-21-14-32-23-11-8-18(12-19(21)23)17-6-4-3-5-7-17/h3-13,15,21H,14H2,1-2H3,(H,27,30)/t21-/m1/s1. The summed E-state index contributed by atoms with van der Waals surface area (Å²) in [4.78, 5) is 21.6. The Morgan fingerprint density at radius 2 is 1.97 bits per heavy atom. The van der Waals surface area contributed by atoms with E-state index in [9.17, 15) is 4.79 Å². The molecular formula is C25H22N4O3. The number of aryl methyl sites for hydroxylation is 1. The number of carbonyl (C=O) groups excluding carboxylic acids is 1. The molecule has 4 aromatic rings. The van der Waals surface area contributed by atoms with Crippen LogP contribution in [0.3, 0.4) is 0 Å². The number of ether oxygens (including phenoxy) is 2. The van der Waals surface area contributed by atoms with Crippen molar-refractivity contribution in [2.75, 3.05) is 13.7 Å². The highest BCUT2D eigenvalue weighted by atomic mass is 16.5. The van der Waals surface area contributed by atoms with Crippen LogP contribution in [0.1, 0.15) is 27.8 Å². The summed E-state index contributed by atoms with van der Waals surface area (Å²) < 4.78 is 13.0. The van der Waals surface area contributed by atoms with Gasteiger partial charge in [-0.2, -0.15) is 0 Å². The van der Waals surface area contributed by atoms with Gasteiger partial charge in [0.25, 0.3) is 5.91 Å². The second-order valence-corrected chi connectivity index (χ2v) is 7.60. The summed E-state index contributed by atoms with van der Waals surface area (Å²) >= 11 is 0. The molecule has 3 heterocycles. The number of carbonyl (C=O) groups is 1. The second kappa shape index (κ2) is 8.19. The molecule has 1 amide bonds. The van der Waals surface area contributed by atoms with E-state index < -0.39 is 0 Å². The third kappa shape index (κ3) is 3.69. The smallest absolute Gasteiger partial charge is 0.270 e. The molecule has 0 radical (unpaired) electrons. The molecule has 1 N–H and O–H groups in total. The van der Waals surface area contributed by atoms with Crippen LogP contribution >= 0.6 is 0 Å². The molecule has 0 saturated heterocycles. The van der Waals surface area contributed by atoms with Gasteiger partial charge in [-0.05, 0) is 42.3 Å². The van der Waals surface area contributed by atoms with Crippen molar-refractivity contribution in [2.45, 2.75) is 13.0 Å². The first kappa shape index (κ1) is 19.8. The Bertz CT molecular complexity index is 1280. The van der Waals surface area contributed by atoms with Crippen molar-refractivity contribution in [3.63, 3.8) is 0 Å². The van der Waals surface area contributed by atoms with E-state index in [1.54, 1.807) is 18.5 Å². The zero-order valence-electron chi connectivity index (χ0n) is 17.8. The minimum atomic E-state index is -0.289. The predicted octanol–water partition coefficient (Wildman–Crippen LogP) is 4.11. The molecule has 1 aliphatic rings. The summed E-state index contributed by atoms with van der Waals surface area (Å²) in [6.07, 6.45) is 3.56. The number of nitrogens with one attached hydrogen (secondary N) is 1. The van der Waals surface area contributed by atoms with E-state index in [1.165, 1.54) is 7.11 Å². The first-order valence-corrected chi connectivity index (χ1v) is 10.3. The maximum absolute atomic E-state index is 13.0. The van der Waals surface area contributed by atoms with Crippen molar-refractivity contribution < 1.29 is 14.3 Å². The molecular weight excluding hydrogens is 404 g/mol. The molecule has 0 aliphatic carbocycles. The molecule has 7 nitrogen and oxygen atoms in total. The van der Waals surface area contributed by atoms with Gasteiger partial charge in [0.15, 0.2) is 0 Å². The zero-order chi connectivity index (χ0) is 22.1. The molecule has 2 aromatic carbocycles. The topological polar surface area (TPSA) is 78.3 Å². The Kier molecular flexibility index (Phi) is 5.07. The van der Waals surface area contributed by atoms with Gasteiger partial charge < -0.3 is 19.4 Å². The number of nitrogens with zero attached hydrogens (tertiary/aromatic N) is 3. The monoisotopic (exact) mass is 426 g/mol. The van der Waals surface area contributed by atoms with Gasteiger partial charge in [-0.25, -0.2) is 9.97 Å². The van der Waals surface area contributed by atoms with Crippen LogP contribution in [0.5, 0.6) is 11.6 Å². The van der Waals surface area contributed by atoms with Crippen molar-refractivity contribution >= 4 is 5.91 Å². The fourth-order valence-corrected chi connectivity index (χ4v) is 3.84. The van der Waals surface area contributed by atoms with Crippen LogP contribution < -0.4 is 14.8 Å². The Labute approximate surface area is 185 Å². The lowest BCUT2D eigenvalue weighted by atomic mass is 10.00. The van der Waals surface area contributed by atoms with Crippen molar-refractivity contribution in [1.82, 2.24) is 19.9 Å². The van der Waals surface area contributed by atoms with Crippen LogP contribution in [-0.4, -0.2) is 34.2 Å². The molecule has 1 aliphatic heterocycles. The number of rotatable bonds is 5. The van der Waals surface area contributed by atoms with E-state index in [2.05, 4.69) is 33.5 Å². The number of fused-ring (bicyclic) bond motifs is 1. The number of imidazole rings is 1. The predicted molar refractivity (Wildman–Crippen MR) is 120 cm³/mol. The number of amides is 1. The highest BCUT2D eigenvalue weighted by molar-refractivity contribution is 5.93. The van der Waals surface area contributed by atoms with Gasteiger partial charge in [-0.3, -0.25) is 4.79 Å². The third-order valence-electron chi connectivity index (χ3n) is 5.46. The first-order chi connectivity index (χ1) is 15.6. The molecule has 0 saturated carbocycles. The highest BCUT2D eigenvalue weighted by Crippen LogP contribution is 2.36. The molecule has 160 valence electrons. The normalized spacial score (nSPS) is 14.5. The van der Waals surface area contributed by atoms with Crippen molar-refractivity contribution in [3.8, 4) is 28.4 Å². The molecule has 0 bridgehead atoms. The number of pyridine rings is 1. The van der Waals surface area contributed by atoms with E-state index in [0.717, 1.165) is 28.1 Å². The maximum Gasteiger partial charge on any atom is 0.270 e. The maximum atomic E-state index is 13.0. The summed E-state index contributed by atoms with van der Waals surface area (Å²) in [5.41, 5.74) is 5.01. The average Bonchev–Trinajstić information content (AvgIpc) is 3.45. The summed E-state index contributed by atoms with van der Waals surface area (Å²) in [7, 11) is 1.53. The van der Waals surface area contributed by atoms with Gasteiger partial charge in [-0.1, -0.05) is 36.4 Å². The second-order valence-electron chi connectivity index (χ2n) is 7.60. The van der Waals surface area contributed by atoms with E-state index in [1.807, 2.05) is 48.0 Å². The molecule has 32 heavy (non-hydrogen) atoms. The lowest BCUT2D eigenvalue weighted by Crippen LogP contribution is -2.30. The van der Waals surface area contributed by atoms with Crippen molar-refractivity contribution in [3.05, 3.63) is 90.1 Å². The van der Waals surface area contributed by atoms with Gasteiger partial charge in [0, 0.05) is 11.8 Å². The van der Waals surface area contributed by atoms with Crippen LogP contribution in [0.25, 0.3) is 16.8 Å². The number of hydrogen-bond acceptors (Lipinski definition) is 5. The minimum absolute atomic E-state index is 0.259. The Balaban J connectivity index is 1.38. The first-order valence-electron chi connectivity index (χ1n) is 10.3. The SMILES string of the molecule is COc1nc(C(=O)N[C@@H]2COc3ccc(-c4ccccc4)cc32)ccc1-n1cnc(C)c1. The quantitative estimate of drug-likeness (QED) is 0.520. The van der Waals surface area contributed by atoms with Crippen LogP contribution in [0.15, 0.2) is 73.2 Å². The average molecular weight is 426 g/mol. The summed E-state index contributed by atoms with van der Waals surface area (Å²) in [5, 5.41) is 3.04. The molecule has 0 unspecified atom stereocenters. The molecule has 7 heteroatoms. The third-order valence-corrected chi connectivity index (χ3v) is 5.46. The van der Waals surface area contributed by atoms with Crippen LogP contribution in [0.4, 0.5) is 0 Å². The van der Waals surface area contributed by atoms with Crippen LogP contribution in [-0.2, 0) is 0 Å². The summed E-state index contributed by atoms with van der Waals surface area (Å²) in [5.74, 6) is 0.846. The molecule has 5 rings (SSSR count). The Morgan fingerprint density at radius 3 is 2.72 bits per heavy atom. The Hall–Kier alpha value is -4.13. The molecule has 0 spiro atoms. The lowest BCUT2D eigenvalue weighted by molar-refractivity contribution is 0.0924. The molecule has 2 aromatic heterocycles. The number of benzene rings is 2. The Morgan fingerprint density at radius 1 is 1.12 bits per heavy atom. The lowest BCUT2D eigenvalue weighted by Gasteiger charge is -2.14. The number of hydrogen-bond donors (Lipinski definition) is 1. The van der Waals surface area contributed by atoms with Crippen LogP contribution in [0, 0.1) is 6.92 Å². The van der Waals surface area contributed by atoms with Crippen LogP contribution in [0.2, 0.25) is 0 Å². The number of methoxy groups -OCH3 is 1. The summed E-state index contributed by atoms with van der Waals surface area (Å²) in [6, 6.07) is 19.4. The summed E-state index contributed by atoms with van der Waals surface area (Å²) in [6.45, 7) is 2.28. The van der Waals surface area contributed by atoms with E-state index in [-0.39, 0.29) is 17.6 Å². The van der Waals surface area contributed by atoms with Gasteiger partial charge >= 0.3 is 0 Å². The number of aromatic nitrogens is 3. The van der Waals surface area contributed by atoms with Gasteiger partial charge in [0.05, 0.1) is 25.2 Å². The van der Waals surface area contributed by atoms with E-state index in [0.29, 0.717) is 18.2 Å². The van der Waals surface area contributed by atoms with Gasteiger partial charge in [-0.15, -0.1) is 0 Å². The fraction of sp³-hybridized carbons (Fsp3) is 0.160. The molecule has 1 atom stereocenters. The largest absolute Gasteiger partial charge is 0.491 e. The van der Waals surface area contributed by atoms with Gasteiger partial charge in [0.1, 0.15) is 23.7 Å². The van der Waals surface area contributed by atoms with Crippen molar-refractivity contribution in [2.24, 2.45) is 0 Å². The zero-order valence-corrected chi connectivity index (χ0v) is 17.8. The van der Waals surface area contributed by atoms with Crippen molar-refractivity contribution in [1.29, 1.82) is 0 Å². The fourth-order valence-electron chi connectivity index (χ4n) is 3.84. The van der Waals surface area contributed by atoms with Gasteiger partial charge in [0.2, 0.25) is 5.88 Å². The minimum Gasteiger partial charge on any atom is -0.491 e.